The summed E-state index contributed by atoms with van der Waals surface area (Å²) in [6, 6.07) is 14.3. The predicted octanol–water partition coefficient (Wildman–Crippen LogP) is 4.42. The van der Waals surface area contributed by atoms with Crippen molar-refractivity contribution in [2.45, 2.75) is 45.6 Å². The molecule has 0 radical (unpaired) electrons. The zero-order chi connectivity index (χ0) is 21.3. The monoisotopic (exact) mass is 410 g/mol. The maximum Gasteiger partial charge on any atom is 0.258 e. The molecular weight excluding hydrogens is 376 g/mol. The van der Waals surface area contributed by atoms with Crippen LogP contribution in [0.5, 0.6) is 11.5 Å². The topological polar surface area (TPSA) is 50.8 Å². The summed E-state index contributed by atoms with van der Waals surface area (Å²) in [5, 5.41) is 3.09. The molecule has 1 heterocycles. The van der Waals surface area contributed by atoms with E-state index in [4.69, 9.17) is 9.47 Å². The number of carbonyl (C=O) groups is 1. The third kappa shape index (κ3) is 6.49. The molecule has 30 heavy (non-hydrogen) atoms. The van der Waals surface area contributed by atoms with Crippen LogP contribution < -0.4 is 14.8 Å². The molecule has 2 aromatic rings. The third-order valence-electron chi connectivity index (χ3n) is 5.64. The maximum atomic E-state index is 12.5. The molecule has 1 saturated heterocycles. The highest BCUT2D eigenvalue weighted by Gasteiger charge is 2.22. The Hall–Kier alpha value is -2.53. The van der Waals surface area contributed by atoms with Gasteiger partial charge in [-0.05, 0) is 80.7 Å². The lowest BCUT2D eigenvalue weighted by atomic mass is 10.0. The fourth-order valence-electron chi connectivity index (χ4n) is 4.12. The first-order valence-electron chi connectivity index (χ1n) is 10.9. The first-order chi connectivity index (χ1) is 14.5. The number of hydrogen-bond acceptors (Lipinski definition) is 4. The summed E-state index contributed by atoms with van der Waals surface area (Å²) < 4.78 is 11.0. The van der Waals surface area contributed by atoms with Crippen LogP contribution >= 0.6 is 0 Å². The second-order valence-corrected chi connectivity index (χ2v) is 8.16. The average molecular weight is 411 g/mol. The molecule has 5 heteroatoms. The third-order valence-corrected chi connectivity index (χ3v) is 5.64. The van der Waals surface area contributed by atoms with E-state index in [-0.39, 0.29) is 18.6 Å². The highest BCUT2D eigenvalue weighted by molar-refractivity contribution is 5.77. The molecule has 1 N–H and O–H groups in total. The van der Waals surface area contributed by atoms with Crippen molar-refractivity contribution >= 4 is 5.91 Å². The normalized spacial score (nSPS) is 15.8. The molecular formula is C25H34N2O3. The van der Waals surface area contributed by atoms with Crippen LogP contribution in [0.25, 0.3) is 0 Å². The lowest BCUT2D eigenvalue weighted by Gasteiger charge is -2.31. The van der Waals surface area contributed by atoms with Gasteiger partial charge in [-0.1, -0.05) is 31.0 Å². The van der Waals surface area contributed by atoms with Crippen molar-refractivity contribution in [3.05, 3.63) is 59.2 Å². The van der Waals surface area contributed by atoms with Gasteiger partial charge in [0.25, 0.3) is 5.91 Å². The summed E-state index contributed by atoms with van der Waals surface area (Å²) in [5.41, 5.74) is 3.46. The van der Waals surface area contributed by atoms with Crippen LogP contribution in [0, 0.1) is 13.8 Å². The van der Waals surface area contributed by atoms with Crippen LogP contribution in [0.15, 0.2) is 42.5 Å². The van der Waals surface area contributed by atoms with E-state index in [2.05, 4.69) is 28.4 Å². The number of hydrogen-bond donors (Lipinski definition) is 1. The van der Waals surface area contributed by atoms with E-state index in [9.17, 15) is 4.79 Å². The Kier molecular flexibility index (Phi) is 8.14. The quantitative estimate of drug-likeness (QED) is 0.700. The number of nitrogens with zero attached hydrogens (tertiary/aromatic N) is 1. The molecule has 1 unspecified atom stereocenters. The van der Waals surface area contributed by atoms with E-state index in [0.717, 1.165) is 35.7 Å². The molecule has 0 aliphatic carbocycles. The summed E-state index contributed by atoms with van der Waals surface area (Å²) in [7, 11) is 1.68. The highest BCUT2D eigenvalue weighted by atomic mass is 16.5. The van der Waals surface area contributed by atoms with E-state index in [1.54, 1.807) is 7.11 Å². The number of nitrogens with one attached hydrogen (secondary N) is 1. The Balaban J connectivity index is 1.62. The number of methoxy groups -OCH3 is 1. The second-order valence-electron chi connectivity index (χ2n) is 8.16. The predicted molar refractivity (Wildman–Crippen MR) is 120 cm³/mol. The fourth-order valence-corrected chi connectivity index (χ4v) is 4.12. The van der Waals surface area contributed by atoms with Gasteiger partial charge in [0.2, 0.25) is 0 Å². The summed E-state index contributed by atoms with van der Waals surface area (Å²) in [6.07, 6.45) is 4.97. The summed E-state index contributed by atoms with van der Waals surface area (Å²) in [5.74, 6) is 1.49. The number of amides is 1. The SMILES string of the molecule is COc1ccc(C(CNC(=O)COc2cc(C)cc(C)c2)N2CCCCCC2)cc1. The van der Waals surface area contributed by atoms with Crippen molar-refractivity contribution in [1.29, 1.82) is 0 Å². The van der Waals surface area contributed by atoms with Gasteiger partial charge in [0.05, 0.1) is 13.2 Å². The molecule has 162 valence electrons. The molecule has 1 aliphatic rings. The second kappa shape index (κ2) is 11.0. The van der Waals surface area contributed by atoms with Gasteiger partial charge in [0.1, 0.15) is 11.5 Å². The van der Waals surface area contributed by atoms with Crippen LogP contribution in [-0.2, 0) is 4.79 Å². The van der Waals surface area contributed by atoms with E-state index < -0.39 is 0 Å². The zero-order valence-corrected chi connectivity index (χ0v) is 18.4. The Morgan fingerprint density at radius 3 is 2.20 bits per heavy atom. The Morgan fingerprint density at radius 2 is 1.60 bits per heavy atom. The summed E-state index contributed by atoms with van der Waals surface area (Å²) in [4.78, 5) is 15.0. The molecule has 1 atom stereocenters. The van der Waals surface area contributed by atoms with Crippen molar-refractivity contribution in [2.24, 2.45) is 0 Å². The highest BCUT2D eigenvalue weighted by Crippen LogP contribution is 2.25. The van der Waals surface area contributed by atoms with Gasteiger partial charge >= 0.3 is 0 Å². The number of rotatable bonds is 8. The molecule has 2 aromatic carbocycles. The molecule has 1 fully saturated rings. The number of benzene rings is 2. The van der Waals surface area contributed by atoms with Crippen molar-refractivity contribution in [3.8, 4) is 11.5 Å². The van der Waals surface area contributed by atoms with Crippen molar-refractivity contribution in [1.82, 2.24) is 10.2 Å². The van der Waals surface area contributed by atoms with Gasteiger partial charge in [-0.2, -0.15) is 0 Å². The minimum absolute atomic E-state index is 0.0260. The number of likely N-dealkylation sites (tertiary alicyclic amines) is 1. The molecule has 0 bridgehead atoms. The molecule has 0 saturated carbocycles. The van der Waals surface area contributed by atoms with Gasteiger partial charge in [-0.15, -0.1) is 0 Å². The minimum Gasteiger partial charge on any atom is -0.497 e. The number of ether oxygens (including phenoxy) is 2. The molecule has 1 amide bonds. The molecule has 0 aromatic heterocycles. The van der Waals surface area contributed by atoms with Crippen LogP contribution in [0.4, 0.5) is 0 Å². The van der Waals surface area contributed by atoms with Crippen molar-refractivity contribution < 1.29 is 14.3 Å². The zero-order valence-electron chi connectivity index (χ0n) is 18.4. The van der Waals surface area contributed by atoms with Gasteiger partial charge < -0.3 is 14.8 Å². The summed E-state index contributed by atoms with van der Waals surface area (Å²) >= 11 is 0. The Labute approximate surface area is 180 Å². The van der Waals surface area contributed by atoms with E-state index in [1.165, 1.54) is 31.2 Å². The smallest absolute Gasteiger partial charge is 0.258 e. The minimum atomic E-state index is -0.0949. The van der Waals surface area contributed by atoms with Gasteiger partial charge in [0.15, 0.2) is 6.61 Å². The number of aryl methyl sites for hydroxylation is 2. The number of carbonyl (C=O) groups excluding carboxylic acids is 1. The fraction of sp³-hybridized carbons (Fsp3) is 0.480. The van der Waals surface area contributed by atoms with Crippen molar-refractivity contribution in [3.63, 3.8) is 0 Å². The van der Waals surface area contributed by atoms with Gasteiger partial charge in [0, 0.05) is 6.54 Å². The van der Waals surface area contributed by atoms with Gasteiger partial charge in [-0.3, -0.25) is 9.69 Å². The maximum absolute atomic E-state index is 12.5. The van der Waals surface area contributed by atoms with E-state index in [1.807, 2.05) is 38.1 Å². The molecule has 5 nitrogen and oxygen atoms in total. The van der Waals surface area contributed by atoms with Crippen LogP contribution in [-0.4, -0.2) is 44.2 Å². The Bertz CT molecular complexity index is 791. The van der Waals surface area contributed by atoms with Crippen LogP contribution in [0.1, 0.15) is 48.4 Å². The molecule has 3 rings (SSSR count). The van der Waals surface area contributed by atoms with Gasteiger partial charge in [-0.25, -0.2) is 0 Å². The standard InChI is InChI=1S/C25H34N2O3/c1-19-14-20(2)16-23(15-19)30-18-25(28)26-17-24(27-12-6-4-5-7-13-27)21-8-10-22(29-3)11-9-21/h8-11,14-16,24H,4-7,12-13,17-18H2,1-3H3,(H,26,28). The first kappa shape index (κ1) is 22.2. The lowest BCUT2D eigenvalue weighted by Crippen LogP contribution is -2.40. The average Bonchev–Trinajstić information content (AvgIpc) is 3.02. The van der Waals surface area contributed by atoms with Crippen LogP contribution in [0.3, 0.4) is 0 Å². The Morgan fingerprint density at radius 1 is 0.967 bits per heavy atom. The van der Waals surface area contributed by atoms with Crippen LogP contribution in [0.2, 0.25) is 0 Å². The molecule has 1 aliphatic heterocycles. The summed E-state index contributed by atoms with van der Waals surface area (Å²) in [6.45, 7) is 6.78. The lowest BCUT2D eigenvalue weighted by molar-refractivity contribution is -0.123. The first-order valence-corrected chi connectivity index (χ1v) is 10.9. The van der Waals surface area contributed by atoms with E-state index >= 15 is 0 Å². The van der Waals surface area contributed by atoms with E-state index in [0.29, 0.717) is 6.54 Å². The molecule has 0 spiro atoms. The largest absolute Gasteiger partial charge is 0.497 e. The van der Waals surface area contributed by atoms with Crippen molar-refractivity contribution in [2.75, 3.05) is 33.4 Å².